The van der Waals surface area contributed by atoms with Crippen LogP contribution in [-0.4, -0.2) is 32.9 Å². The van der Waals surface area contributed by atoms with E-state index >= 15 is 0 Å². The highest BCUT2D eigenvalue weighted by Gasteiger charge is 2.50. The van der Waals surface area contributed by atoms with Crippen LogP contribution < -0.4 is 0 Å². The van der Waals surface area contributed by atoms with Gasteiger partial charge in [-0.2, -0.15) is 8.78 Å². The molecule has 2 aliphatic rings. The molecule has 1 saturated carbocycles. The molecule has 0 radical (unpaired) electrons. The van der Waals surface area contributed by atoms with E-state index < -0.39 is 26.6 Å². The zero-order valence-electron chi connectivity index (χ0n) is 19.9. The zero-order valence-corrected chi connectivity index (χ0v) is 20.9. The molecular weight excluding hydrogens is 402 g/mol. The quantitative estimate of drug-likeness (QED) is 0.193. The number of allylic oxidation sites excluding steroid dienone is 2. The van der Waals surface area contributed by atoms with E-state index in [0.717, 1.165) is 43.8 Å². The summed E-state index contributed by atoms with van der Waals surface area (Å²) < 4.78 is 39.7. The number of fused-ring (bicyclic) bond motifs is 1. The Labute approximate surface area is 183 Å². The summed E-state index contributed by atoms with van der Waals surface area (Å²) in [5.41, 5.74) is 1.33. The SMILES string of the molecule is CCOC(=O)C(F)(F)CC[C@@H](C)C1=CC[C@H]2[C@@H](O[Si](CC)(CC)CC)CCC[C@]12C. The van der Waals surface area contributed by atoms with E-state index in [-0.39, 0.29) is 24.0 Å². The molecule has 6 heteroatoms. The van der Waals surface area contributed by atoms with Crippen molar-refractivity contribution < 1.29 is 22.7 Å². The van der Waals surface area contributed by atoms with Gasteiger partial charge in [0.25, 0.3) is 0 Å². The molecule has 30 heavy (non-hydrogen) atoms. The first kappa shape index (κ1) is 25.5. The van der Waals surface area contributed by atoms with Crippen molar-refractivity contribution in [1.82, 2.24) is 0 Å². The molecule has 0 spiro atoms. The maximum absolute atomic E-state index is 14.1. The van der Waals surface area contributed by atoms with Crippen molar-refractivity contribution in [2.45, 2.75) is 110 Å². The van der Waals surface area contributed by atoms with Gasteiger partial charge in [0.05, 0.1) is 6.61 Å². The number of hydrogen-bond acceptors (Lipinski definition) is 3. The molecule has 0 bridgehead atoms. The first-order chi connectivity index (χ1) is 14.1. The molecule has 1 fully saturated rings. The second-order valence-electron chi connectivity index (χ2n) is 9.58. The Balaban J connectivity index is 2.08. The average Bonchev–Trinajstić information content (AvgIpc) is 3.08. The second-order valence-corrected chi connectivity index (χ2v) is 14.3. The number of carbonyl (C=O) groups excluding carboxylic acids is 1. The van der Waals surface area contributed by atoms with Gasteiger partial charge in [-0.3, -0.25) is 0 Å². The maximum atomic E-state index is 14.1. The molecule has 0 aromatic rings. The summed E-state index contributed by atoms with van der Waals surface area (Å²) >= 11 is 0. The zero-order chi connectivity index (χ0) is 22.6. The molecule has 2 rings (SSSR count). The molecule has 0 aromatic carbocycles. The molecule has 0 aliphatic heterocycles. The highest BCUT2D eigenvalue weighted by Crippen LogP contribution is 2.56. The Bertz CT molecular complexity index is 609. The van der Waals surface area contributed by atoms with E-state index in [1.165, 1.54) is 5.57 Å². The summed E-state index contributed by atoms with van der Waals surface area (Å²) in [5, 5.41) is 0. The Morgan fingerprint density at radius 3 is 2.47 bits per heavy atom. The molecule has 0 N–H and O–H groups in total. The van der Waals surface area contributed by atoms with Gasteiger partial charge in [0, 0.05) is 12.5 Å². The predicted molar refractivity (Wildman–Crippen MR) is 120 cm³/mol. The summed E-state index contributed by atoms with van der Waals surface area (Å²) in [6.07, 6.45) is 6.75. The third-order valence-electron chi connectivity index (χ3n) is 8.03. The van der Waals surface area contributed by atoms with Crippen LogP contribution in [0.1, 0.15) is 80.1 Å². The number of hydrogen-bond donors (Lipinski definition) is 0. The number of carbonyl (C=O) groups is 1. The minimum absolute atomic E-state index is 0.0195. The lowest BCUT2D eigenvalue weighted by Gasteiger charge is -2.48. The highest BCUT2D eigenvalue weighted by atomic mass is 28.4. The smallest absolute Gasteiger partial charge is 0.376 e. The lowest BCUT2D eigenvalue weighted by atomic mass is 9.63. The summed E-state index contributed by atoms with van der Waals surface area (Å²) in [5.74, 6) is -4.32. The number of esters is 1. The summed E-state index contributed by atoms with van der Waals surface area (Å²) in [6, 6.07) is 3.46. The second kappa shape index (κ2) is 10.2. The van der Waals surface area contributed by atoms with Crippen molar-refractivity contribution in [2.75, 3.05) is 6.61 Å². The maximum Gasteiger partial charge on any atom is 0.376 e. The summed E-state index contributed by atoms with van der Waals surface area (Å²) in [4.78, 5) is 11.6. The van der Waals surface area contributed by atoms with Crippen LogP contribution >= 0.6 is 0 Å². The molecule has 0 heterocycles. The third kappa shape index (κ3) is 5.17. The highest BCUT2D eigenvalue weighted by molar-refractivity contribution is 6.73. The fourth-order valence-corrected chi connectivity index (χ4v) is 8.77. The largest absolute Gasteiger partial charge is 0.462 e. The van der Waals surface area contributed by atoms with Gasteiger partial charge >= 0.3 is 11.9 Å². The topological polar surface area (TPSA) is 35.5 Å². The van der Waals surface area contributed by atoms with Crippen LogP contribution in [0.5, 0.6) is 0 Å². The van der Waals surface area contributed by atoms with Crippen molar-refractivity contribution in [2.24, 2.45) is 17.3 Å². The van der Waals surface area contributed by atoms with Crippen LogP contribution in [0.15, 0.2) is 11.6 Å². The van der Waals surface area contributed by atoms with E-state index in [1.54, 1.807) is 6.92 Å². The fraction of sp³-hybridized carbons (Fsp3) is 0.875. The van der Waals surface area contributed by atoms with Crippen LogP contribution in [-0.2, 0) is 14.0 Å². The summed E-state index contributed by atoms with van der Waals surface area (Å²) in [7, 11) is -1.68. The number of rotatable bonds is 11. The van der Waals surface area contributed by atoms with E-state index in [0.29, 0.717) is 12.3 Å². The van der Waals surface area contributed by atoms with Gasteiger partial charge in [0.1, 0.15) is 0 Å². The van der Waals surface area contributed by atoms with Crippen LogP contribution in [0.2, 0.25) is 18.1 Å². The predicted octanol–water partition coefficient (Wildman–Crippen LogP) is 7.13. The fourth-order valence-electron chi connectivity index (χ4n) is 5.84. The van der Waals surface area contributed by atoms with Gasteiger partial charge in [-0.1, -0.05) is 52.7 Å². The monoisotopic (exact) mass is 444 g/mol. The molecule has 3 nitrogen and oxygen atoms in total. The molecule has 0 aromatic heterocycles. The van der Waals surface area contributed by atoms with Gasteiger partial charge in [-0.15, -0.1) is 0 Å². The molecule has 0 unspecified atom stereocenters. The van der Waals surface area contributed by atoms with Crippen LogP contribution in [0.4, 0.5) is 8.78 Å². The molecule has 0 amide bonds. The van der Waals surface area contributed by atoms with E-state index in [4.69, 9.17) is 4.43 Å². The normalized spacial score (nSPS) is 28.1. The van der Waals surface area contributed by atoms with Gasteiger partial charge in [0.2, 0.25) is 0 Å². The standard InChI is InChI=1S/C24H42F2O3Si/c1-7-28-22(27)24(25,26)17-15-18(5)19-13-14-20-21(12-11-16-23(19,20)6)29-30(8-2,9-3)10-4/h13,18,20-21H,7-12,14-17H2,1-6H3/t18-,20+,21+,23-/m1/s1. The molecular formula is C24H42F2O3Si. The third-order valence-corrected chi connectivity index (χ3v) is 12.7. The average molecular weight is 445 g/mol. The Kier molecular flexibility index (Phi) is 8.71. The van der Waals surface area contributed by atoms with Crippen LogP contribution in [0.3, 0.4) is 0 Å². The van der Waals surface area contributed by atoms with Crippen molar-refractivity contribution in [3.63, 3.8) is 0 Å². The van der Waals surface area contributed by atoms with Crippen molar-refractivity contribution >= 4 is 14.3 Å². The minimum atomic E-state index is -3.41. The van der Waals surface area contributed by atoms with Gasteiger partial charge < -0.3 is 9.16 Å². The first-order valence-electron chi connectivity index (χ1n) is 12.0. The Hall–Kier alpha value is -0.753. The van der Waals surface area contributed by atoms with E-state index in [9.17, 15) is 13.6 Å². The Morgan fingerprint density at radius 1 is 1.27 bits per heavy atom. The minimum Gasteiger partial charge on any atom is -0.462 e. The first-order valence-corrected chi connectivity index (χ1v) is 14.6. The van der Waals surface area contributed by atoms with Crippen molar-refractivity contribution in [3.8, 4) is 0 Å². The number of alkyl halides is 2. The van der Waals surface area contributed by atoms with Crippen molar-refractivity contribution in [1.29, 1.82) is 0 Å². The molecule has 0 saturated heterocycles. The molecule has 174 valence electrons. The van der Waals surface area contributed by atoms with Crippen molar-refractivity contribution in [3.05, 3.63) is 11.6 Å². The van der Waals surface area contributed by atoms with Gasteiger partial charge in [0.15, 0.2) is 8.32 Å². The van der Waals surface area contributed by atoms with E-state index in [2.05, 4.69) is 38.5 Å². The lowest BCUT2D eigenvalue weighted by molar-refractivity contribution is -0.172. The molecule has 2 aliphatic carbocycles. The van der Waals surface area contributed by atoms with Crippen LogP contribution in [0, 0.1) is 17.3 Å². The summed E-state index contributed by atoms with van der Waals surface area (Å²) in [6.45, 7) is 12.7. The van der Waals surface area contributed by atoms with Crippen LogP contribution in [0.25, 0.3) is 0 Å². The number of halogens is 2. The van der Waals surface area contributed by atoms with Gasteiger partial charge in [-0.25, -0.2) is 4.79 Å². The lowest BCUT2D eigenvalue weighted by Crippen LogP contribution is -2.48. The van der Waals surface area contributed by atoms with E-state index in [1.807, 2.05) is 6.92 Å². The molecule has 4 atom stereocenters. The Morgan fingerprint density at radius 2 is 1.90 bits per heavy atom. The van der Waals surface area contributed by atoms with Gasteiger partial charge in [-0.05, 0) is 68.0 Å². The number of ether oxygens (including phenoxy) is 1.